The molecule has 0 bridgehead atoms. The topological polar surface area (TPSA) is 89.7 Å². The van der Waals surface area contributed by atoms with Crippen molar-refractivity contribution < 1.29 is 19.2 Å². The molecule has 0 aromatic heterocycles. The Bertz CT molecular complexity index is 636. The number of carbonyl (C=O) groups excluding carboxylic acids is 2. The molecule has 1 aliphatic heterocycles. The number of carbonyl (C=O) groups is 2. The number of nitrogens with zero attached hydrogens (tertiary/aromatic N) is 2. The Morgan fingerprint density at radius 2 is 2.00 bits per heavy atom. The van der Waals surface area contributed by atoms with E-state index in [4.69, 9.17) is 0 Å². The molecule has 0 N–H and O–H groups in total. The first-order valence-corrected chi connectivity index (χ1v) is 5.91. The molecule has 106 valence electrons. The van der Waals surface area contributed by atoms with Gasteiger partial charge in [0.15, 0.2) is 0 Å². The molecule has 2 rings (SSSR count). The van der Waals surface area contributed by atoms with Crippen molar-refractivity contribution in [2.45, 2.75) is 19.3 Å². The van der Waals surface area contributed by atoms with Crippen LogP contribution in [0.1, 0.15) is 29.8 Å². The smallest absolute Gasteiger partial charge is 0.344 e. The van der Waals surface area contributed by atoms with E-state index in [-0.39, 0.29) is 17.2 Å². The summed E-state index contributed by atoms with van der Waals surface area (Å²) in [6.07, 6.45) is 0. The quantitative estimate of drug-likeness (QED) is 0.466. The van der Waals surface area contributed by atoms with Crippen LogP contribution in [0.2, 0.25) is 0 Å². The van der Waals surface area contributed by atoms with Gasteiger partial charge in [-0.1, -0.05) is 0 Å². The maximum Gasteiger partial charge on any atom is 0.344 e. The number of hydrogen-bond donors (Lipinski definition) is 0. The second-order valence-corrected chi connectivity index (χ2v) is 5.12. The fourth-order valence-corrected chi connectivity index (χ4v) is 2.42. The maximum absolute atomic E-state index is 12.2. The minimum absolute atomic E-state index is 0.159. The lowest BCUT2D eigenvalue weighted by atomic mass is 9.85. The number of esters is 1. The Labute approximate surface area is 115 Å². The molecule has 1 heterocycles. The third-order valence-corrected chi connectivity index (χ3v) is 3.59. The molecule has 7 nitrogen and oxygen atoms in total. The van der Waals surface area contributed by atoms with E-state index in [1.165, 1.54) is 17.0 Å². The van der Waals surface area contributed by atoms with Crippen molar-refractivity contribution in [3.05, 3.63) is 33.4 Å². The van der Waals surface area contributed by atoms with Gasteiger partial charge in [-0.3, -0.25) is 14.9 Å². The van der Waals surface area contributed by atoms with Gasteiger partial charge in [-0.2, -0.15) is 0 Å². The van der Waals surface area contributed by atoms with Crippen LogP contribution in [-0.2, 0) is 14.9 Å². The molecule has 0 radical (unpaired) electrons. The molecular formula is C13H14N2O5. The summed E-state index contributed by atoms with van der Waals surface area (Å²) in [7, 11) is 2.72. The third kappa shape index (κ3) is 1.74. The highest BCUT2D eigenvalue weighted by Gasteiger charge is 2.44. The molecule has 0 unspecified atom stereocenters. The Balaban J connectivity index is 2.76. The minimum atomic E-state index is -0.858. The summed E-state index contributed by atoms with van der Waals surface area (Å²) in [5.41, 5.74) is -0.348. The molecule has 0 spiro atoms. The molecule has 1 aliphatic rings. The fourth-order valence-electron chi connectivity index (χ4n) is 2.42. The van der Waals surface area contributed by atoms with Crippen LogP contribution in [0.15, 0.2) is 12.1 Å². The van der Waals surface area contributed by atoms with E-state index in [9.17, 15) is 19.7 Å². The van der Waals surface area contributed by atoms with Crippen LogP contribution in [-0.4, -0.2) is 31.0 Å². The summed E-state index contributed by atoms with van der Waals surface area (Å²) in [5, 5.41) is 11.1. The van der Waals surface area contributed by atoms with E-state index >= 15 is 0 Å². The molecule has 0 saturated carbocycles. The number of fused-ring (bicyclic) bond motifs is 1. The van der Waals surface area contributed by atoms with Crippen LogP contribution in [0.5, 0.6) is 0 Å². The largest absolute Gasteiger partial charge is 0.465 e. The lowest BCUT2D eigenvalue weighted by molar-refractivity contribution is -0.385. The van der Waals surface area contributed by atoms with E-state index in [1.54, 1.807) is 20.9 Å². The van der Waals surface area contributed by atoms with Crippen LogP contribution < -0.4 is 4.90 Å². The number of likely N-dealkylation sites (N-methyl/N-ethyl adjacent to an activating group) is 1. The second kappa shape index (κ2) is 4.29. The zero-order valence-corrected chi connectivity index (χ0v) is 11.6. The van der Waals surface area contributed by atoms with Crippen molar-refractivity contribution >= 4 is 23.3 Å². The number of amides is 1. The first-order chi connectivity index (χ1) is 9.21. The summed E-state index contributed by atoms with van der Waals surface area (Å²) in [6.45, 7) is 3.39. The number of nitro groups is 1. The van der Waals surface area contributed by atoms with Crippen molar-refractivity contribution in [2.75, 3.05) is 19.1 Å². The van der Waals surface area contributed by atoms with E-state index in [1.807, 2.05) is 0 Å². The van der Waals surface area contributed by atoms with Gasteiger partial charge in [-0.05, 0) is 25.5 Å². The van der Waals surface area contributed by atoms with Crippen molar-refractivity contribution in [3.63, 3.8) is 0 Å². The van der Waals surface area contributed by atoms with Crippen LogP contribution in [0.4, 0.5) is 11.4 Å². The maximum atomic E-state index is 12.2. The molecule has 20 heavy (non-hydrogen) atoms. The van der Waals surface area contributed by atoms with Crippen LogP contribution in [0, 0.1) is 10.1 Å². The highest BCUT2D eigenvalue weighted by molar-refractivity contribution is 6.09. The van der Waals surface area contributed by atoms with Gasteiger partial charge in [0, 0.05) is 18.8 Å². The highest BCUT2D eigenvalue weighted by atomic mass is 16.6. The monoisotopic (exact) mass is 278 g/mol. The second-order valence-electron chi connectivity index (χ2n) is 5.12. The van der Waals surface area contributed by atoms with Gasteiger partial charge >= 0.3 is 5.97 Å². The summed E-state index contributed by atoms with van der Waals surface area (Å²) < 4.78 is 4.55. The van der Waals surface area contributed by atoms with Gasteiger partial charge in [-0.25, -0.2) is 4.79 Å². The number of benzene rings is 1. The van der Waals surface area contributed by atoms with E-state index in [2.05, 4.69) is 4.74 Å². The van der Waals surface area contributed by atoms with Gasteiger partial charge in [0.2, 0.25) is 5.91 Å². The van der Waals surface area contributed by atoms with Gasteiger partial charge < -0.3 is 9.64 Å². The standard InChI is InChI=1S/C13H14N2O5/c1-13(2)8-6-9(15(18)19)7(11(16)20-4)5-10(8)14(3)12(13)17/h5-6H,1-4H3. The first kappa shape index (κ1) is 14.0. The van der Waals surface area contributed by atoms with Gasteiger partial charge in [0.1, 0.15) is 5.56 Å². The lowest BCUT2D eigenvalue weighted by Gasteiger charge is -2.16. The SMILES string of the molecule is COC(=O)c1cc2c(cc1[N+](=O)[O-])C(C)(C)C(=O)N2C. The van der Waals surface area contributed by atoms with Crippen molar-refractivity contribution in [2.24, 2.45) is 0 Å². The molecular weight excluding hydrogens is 264 g/mol. The average Bonchev–Trinajstić information content (AvgIpc) is 2.58. The van der Waals surface area contributed by atoms with Crippen LogP contribution in [0.25, 0.3) is 0 Å². The van der Waals surface area contributed by atoms with Crippen molar-refractivity contribution in [3.8, 4) is 0 Å². The average molecular weight is 278 g/mol. The van der Waals surface area contributed by atoms with Crippen LogP contribution in [0.3, 0.4) is 0 Å². The third-order valence-electron chi connectivity index (χ3n) is 3.59. The number of rotatable bonds is 2. The van der Waals surface area contributed by atoms with Crippen molar-refractivity contribution in [1.82, 2.24) is 0 Å². The number of nitro benzene ring substituents is 1. The summed E-state index contributed by atoms with van der Waals surface area (Å²) >= 11 is 0. The predicted octanol–water partition coefficient (Wildman–Crippen LogP) is 1.64. The molecule has 7 heteroatoms. The summed E-state index contributed by atoms with van der Waals surface area (Å²) in [5.74, 6) is -0.978. The normalized spacial score (nSPS) is 16.0. The Morgan fingerprint density at radius 1 is 1.40 bits per heavy atom. The van der Waals surface area contributed by atoms with Gasteiger partial charge in [0.05, 0.1) is 17.4 Å². The fraction of sp³-hybridized carbons (Fsp3) is 0.385. The zero-order chi connectivity index (χ0) is 15.2. The Hall–Kier alpha value is -2.44. The van der Waals surface area contributed by atoms with E-state index in [0.717, 1.165) is 7.11 Å². The molecule has 1 amide bonds. The summed E-state index contributed by atoms with van der Waals surface area (Å²) in [4.78, 5) is 35.7. The molecule has 1 aromatic rings. The van der Waals surface area contributed by atoms with Gasteiger partial charge in [-0.15, -0.1) is 0 Å². The lowest BCUT2D eigenvalue weighted by Crippen LogP contribution is -2.33. The molecule has 0 saturated heterocycles. The molecule has 0 atom stereocenters. The van der Waals surface area contributed by atoms with E-state index < -0.39 is 16.3 Å². The number of anilines is 1. The van der Waals surface area contributed by atoms with E-state index in [0.29, 0.717) is 11.3 Å². The molecule has 0 fully saturated rings. The minimum Gasteiger partial charge on any atom is -0.465 e. The van der Waals surface area contributed by atoms with Gasteiger partial charge in [0.25, 0.3) is 5.69 Å². The number of methoxy groups -OCH3 is 1. The number of hydrogen-bond acceptors (Lipinski definition) is 5. The summed E-state index contributed by atoms with van der Waals surface area (Å²) in [6, 6.07) is 2.62. The Kier molecular flexibility index (Phi) is 3.00. The molecule has 0 aliphatic carbocycles. The zero-order valence-electron chi connectivity index (χ0n) is 11.6. The highest BCUT2D eigenvalue weighted by Crippen LogP contribution is 2.43. The van der Waals surface area contributed by atoms with Crippen molar-refractivity contribution in [1.29, 1.82) is 0 Å². The predicted molar refractivity (Wildman–Crippen MR) is 70.9 cm³/mol. The first-order valence-electron chi connectivity index (χ1n) is 5.91. The Morgan fingerprint density at radius 3 is 2.50 bits per heavy atom. The number of ether oxygens (including phenoxy) is 1. The molecule has 1 aromatic carbocycles. The van der Waals surface area contributed by atoms with Crippen LogP contribution >= 0.6 is 0 Å².